The number of hydrogen-bond donors (Lipinski definition) is 0. The van der Waals surface area contributed by atoms with Gasteiger partial charge in [0.25, 0.3) is 6.43 Å². The predicted octanol–water partition coefficient (Wildman–Crippen LogP) is 4.73. The van der Waals surface area contributed by atoms with E-state index in [1.54, 1.807) is 48.9 Å². The van der Waals surface area contributed by atoms with Crippen molar-refractivity contribution in [3.05, 3.63) is 107 Å². The van der Waals surface area contributed by atoms with Gasteiger partial charge in [0.1, 0.15) is 23.4 Å². The highest BCUT2D eigenvalue weighted by Gasteiger charge is 2.42. The van der Waals surface area contributed by atoms with Gasteiger partial charge in [-0.05, 0) is 41.5 Å². The highest BCUT2D eigenvalue weighted by molar-refractivity contribution is 5.89. The second-order valence-corrected chi connectivity index (χ2v) is 7.00. The molecule has 1 aromatic carbocycles. The van der Waals surface area contributed by atoms with Gasteiger partial charge in [0.05, 0.1) is 5.69 Å². The van der Waals surface area contributed by atoms with Crippen LogP contribution in [-0.2, 0) is 5.54 Å². The van der Waals surface area contributed by atoms with Gasteiger partial charge >= 0.3 is 0 Å². The number of benzene rings is 1. The van der Waals surface area contributed by atoms with Crippen molar-refractivity contribution >= 4 is 6.21 Å². The predicted molar refractivity (Wildman–Crippen MR) is 108 cm³/mol. The fourth-order valence-corrected chi connectivity index (χ4v) is 3.88. The summed E-state index contributed by atoms with van der Waals surface area (Å²) in [5.74, 6) is -0.433. The Morgan fingerprint density at radius 1 is 0.871 bits per heavy atom. The van der Waals surface area contributed by atoms with Gasteiger partial charge in [0.2, 0.25) is 0 Å². The minimum Gasteiger partial charge on any atom is -0.271 e. The summed E-state index contributed by atoms with van der Waals surface area (Å²) in [7, 11) is 0. The molecule has 1 aliphatic rings. The number of hydrogen-bond acceptors (Lipinski definition) is 5. The lowest BCUT2D eigenvalue weighted by Gasteiger charge is -2.30. The van der Waals surface area contributed by atoms with Crippen LogP contribution in [0, 0.1) is 5.82 Å². The van der Waals surface area contributed by atoms with Gasteiger partial charge in [-0.15, -0.1) is 0 Å². The van der Waals surface area contributed by atoms with E-state index in [2.05, 4.69) is 24.9 Å². The van der Waals surface area contributed by atoms with Gasteiger partial charge in [0, 0.05) is 47.7 Å². The molecule has 0 spiro atoms. The van der Waals surface area contributed by atoms with Crippen LogP contribution in [-0.4, -0.2) is 26.2 Å². The van der Waals surface area contributed by atoms with Crippen LogP contribution in [0.15, 0.2) is 78.6 Å². The molecule has 0 N–H and O–H groups in total. The fraction of sp³-hybridized carbons (Fsp3) is 0.0870. The number of halogens is 3. The molecule has 5 rings (SSSR count). The van der Waals surface area contributed by atoms with Crippen LogP contribution in [0.3, 0.4) is 0 Å². The second kappa shape index (κ2) is 7.39. The Labute approximate surface area is 175 Å². The Hall–Kier alpha value is -3.94. The molecule has 1 aliphatic heterocycles. The Kier molecular flexibility index (Phi) is 4.54. The molecule has 4 heterocycles. The lowest BCUT2D eigenvalue weighted by molar-refractivity contribution is 0.146. The Balaban J connectivity index is 1.78. The first-order valence-electron chi connectivity index (χ1n) is 9.40. The molecule has 0 radical (unpaired) electrons. The maximum Gasteiger partial charge on any atom is 0.280 e. The lowest BCUT2D eigenvalue weighted by atomic mass is 9.77. The molecule has 0 bridgehead atoms. The van der Waals surface area contributed by atoms with Crippen LogP contribution in [0.5, 0.6) is 0 Å². The molecule has 4 aromatic rings. The van der Waals surface area contributed by atoms with Crippen LogP contribution in [0.1, 0.15) is 34.4 Å². The maximum absolute atomic E-state index is 14.6. The molecular weight excluding hydrogens is 403 g/mol. The van der Waals surface area contributed by atoms with Crippen molar-refractivity contribution in [2.24, 2.45) is 4.99 Å². The van der Waals surface area contributed by atoms with E-state index < -0.39 is 17.8 Å². The summed E-state index contributed by atoms with van der Waals surface area (Å²) in [6.45, 7) is 0. The van der Waals surface area contributed by atoms with Crippen LogP contribution in [0.4, 0.5) is 13.2 Å². The summed E-state index contributed by atoms with van der Waals surface area (Å²) in [4.78, 5) is 20.9. The minimum absolute atomic E-state index is 0.319. The summed E-state index contributed by atoms with van der Waals surface area (Å²) in [6, 6.07) is 11.1. The highest BCUT2D eigenvalue weighted by Crippen LogP contribution is 2.46. The molecule has 3 aromatic heterocycles. The van der Waals surface area contributed by atoms with E-state index in [-0.39, 0.29) is 5.69 Å². The average molecular weight is 417 g/mol. The number of alkyl halides is 2. The third-order valence-electron chi connectivity index (χ3n) is 5.29. The van der Waals surface area contributed by atoms with E-state index >= 15 is 0 Å². The van der Waals surface area contributed by atoms with Gasteiger partial charge in [-0.3, -0.25) is 15.0 Å². The first kappa shape index (κ1) is 19.0. The second-order valence-electron chi connectivity index (χ2n) is 7.00. The maximum atomic E-state index is 14.6. The Bertz CT molecular complexity index is 1290. The molecule has 0 saturated carbocycles. The zero-order chi connectivity index (χ0) is 21.4. The molecule has 0 fully saturated rings. The first-order chi connectivity index (χ1) is 15.1. The zero-order valence-corrected chi connectivity index (χ0v) is 16.0. The van der Waals surface area contributed by atoms with Crippen LogP contribution in [0.2, 0.25) is 0 Å². The van der Waals surface area contributed by atoms with Crippen molar-refractivity contribution in [3.8, 4) is 11.3 Å². The average Bonchev–Trinajstić information content (AvgIpc) is 3.22. The minimum atomic E-state index is -2.75. The van der Waals surface area contributed by atoms with E-state index in [1.807, 2.05) is 0 Å². The van der Waals surface area contributed by atoms with E-state index in [0.29, 0.717) is 33.5 Å². The van der Waals surface area contributed by atoms with Crippen LogP contribution in [0.25, 0.3) is 11.3 Å². The van der Waals surface area contributed by atoms with Gasteiger partial charge in [-0.2, -0.15) is 0 Å². The molecule has 5 nitrogen and oxygen atoms in total. The van der Waals surface area contributed by atoms with Crippen LogP contribution < -0.4 is 0 Å². The van der Waals surface area contributed by atoms with Gasteiger partial charge in [0.15, 0.2) is 0 Å². The topological polar surface area (TPSA) is 63.9 Å². The molecule has 8 heteroatoms. The van der Waals surface area contributed by atoms with Crippen molar-refractivity contribution in [1.82, 2.24) is 19.9 Å². The zero-order valence-electron chi connectivity index (χ0n) is 16.0. The summed E-state index contributed by atoms with van der Waals surface area (Å²) >= 11 is 0. The summed E-state index contributed by atoms with van der Waals surface area (Å²) in [5, 5.41) is 0. The van der Waals surface area contributed by atoms with E-state index in [0.717, 1.165) is 0 Å². The standard InChI is InChI=1S/C23H14F3N5/c24-19-3-1-2-18-17(19)12-31-23(18,16-5-7-30-21(9-16)22(25)26)15-4-6-29-20(8-15)14-10-27-13-28-11-14/h1-13,22H. The molecule has 0 saturated heterocycles. The van der Waals surface area contributed by atoms with Gasteiger partial charge < -0.3 is 0 Å². The molecule has 31 heavy (non-hydrogen) atoms. The third kappa shape index (κ3) is 3.07. The van der Waals surface area contributed by atoms with Crippen LogP contribution >= 0.6 is 0 Å². The van der Waals surface area contributed by atoms with Crippen molar-refractivity contribution in [1.29, 1.82) is 0 Å². The normalized spacial score (nSPS) is 17.2. The number of aromatic nitrogens is 4. The van der Waals surface area contributed by atoms with E-state index in [1.165, 1.54) is 30.9 Å². The smallest absolute Gasteiger partial charge is 0.271 e. The van der Waals surface area contributed by atoms with Crippen molar-refractivity contribution in [3.63, 3.8) is 0 Å². The van der Waals surface area contributed by atoms with E-state index in [4.69, 9.17) is 0 Å². The molecular formula is C23H14F3N5. The molecule has 1 atom stereocenters. The lowest BCUT2D eigenvalue weighted by Crippen LogP contribution is -2.26. The molecule has 1 unspecified atom stereocenters. The molecule has 152 valence electrons. The number of rotatable bonds is 4. The van der Waals surface area contributed by atoms with Crippen molar-refractivity contribution in [2.45, 2.75) is 12.0 Å². The first-order valence-corrected chi connectivity index (χ1v) is 9.40. The third-order valence-corrected chi connectivity index (χ3v) is 5.29. The summed E-state index contributed by atoms with van der Waals surface area (Å²) < 4.78 is 41.4. The molecule has 0 aliphatic carbocycles. The fourth-order valence-electron chi connectivity index (χ4n) is 3.88. The Morgan fingerprint density at radius 3 is 2.39 bits per heavy atom. The largest absolute Gasteiger partial charge is 0.280 e. The van der Waals surface area contributed by atoms with Crippen molar-refractivity contribution in [2.75, 3.05) is 0 Å². The Morgan fingerprint density at radius 2 is 1.61 bits per heavy atom. The van der Waals surface area contributed by atoms with Crippen molar-refractivity contribution < 1.29 is 13.2 Å². The van der Waals surface area contributed by atoms with E-state index in [9.17, 15) is 13.2 Å². The summed E-state index contributed by atoms with van der Waals surface area (Å²) in [5.41, 5.74) is 1.65. The SMILES string of the molecule is Fc1cccc2c1C=NC2(c1ccnc(-c2cncnc2)c1)c1ccnc(C(F)F)c1. The highest BCUT2D eigenvalue weighted by atomic mass is 19.3. The monoisotopic (exact) mass is 417 g/mol. The van der Waals surface area contributed by atoms with Gasteiger partial charge in [-0.25, -0.2) is 23.1 Å². The quantitative estimate of drug-likeness (QED) is 0.481. The van der Waals surface area contributed by atoms with Gasteiger partial charge in [-0.1, -0.05) is 12.1 Å². The summed E-state index contributed by atoms with van der Waals surface area (Å²) in [6.07, 6.45) is 6.28. The molecule has 0 amide bonds. The number of pyridine rings is 2. The number of aliphatic imine (C=N–C) groups is 1. The number of nitrogens with zero attached hydrogens (tertiary/aromatic N) is 5. The number of fused-ring (bicyclic) bond motifs is 1.